The van der Waals surface area contributed by atoms with Crippen LogP contribution in [-0.2, 0) is 25.6 Å². The van der Waals surface area contributed by atoms with Crippen LogP contribution < -0.4 is 0 Å². The topological polar surface area (TPSA) is 55.8 Å². The zero-order valence-corrected chi connectivity index (χ0v) is 12.8. The summed E-state index contributed by atoms with van der Waals surface area (Å²) in [5, 5.41) is 0. The fourth-order valence-electron chi connectivity index (χ4n) is 1.55. The summed E-state index contributed by atoms with van der Waals surface area (Å²) in [5.41, 5.74) is 0.376. The molecule has 0 aromatic heterocycles. The average molecular weight is 348 g/mol. The Morgan fingerprint density at radius 1 is 1.20 bits per heavy atom. The van der Waals surface area contributed by atoms with Gasteiger partial charge in [0.2, 0.25) is 0 Å². The van der Waals surface area contributed by atoms with Gasteiger partial charge in [0.1, 0.15) is 5.82 Å². The Balaban J connectivity index is 2.81. The summed E-state index contributed by atoms with van der Waals surface area (Å²) in [4.78, 5) is 24.1. The number of hydrogen-bond donors (Lipinski definition) is 0. The molecule has 110 valence electrons. The molecule has 1 aromatic carbocycles. The van der Waals surface area contributed by atoms with E-state index in [-0.39, 0.29) is 19.6 Å². The first-order chi connectivity index (χ1) is 9.46. The van der Waals surface area contributed by atoms with E-state index in [1.807, 2.05) is 0 Å². The van der Waals surface area contributed by atoms with Crippen LogP contribution >= 0.6 is 15.9 Å². The third-order valence-corrected chi connectivity index (χ3v) is 3.06. The lowest BCUT2D eigenvalue weighted by molar-refractivity contribution is -0.145. The van der Waals surface area contributed by atoms with Crippen LogP contribution in [0.4, 0.5) is 4.39 Å². The van der Waals surface area contributed by atoms with E-state index in [2.05, 4.69) is 25.4 Å². The summed E-state index contributed by atoms with van der Waals surface area (Å²) in [6.45, 7) is -0.147. The Hall–Kier alpha value is -1.47. The van der Waals surface area contributed by atoms with Crippen LogP contribution in [0, 0.1) is 5.82 Å². The van der Waals surface area contributed by atoms with Crippen molar-refractivity contribution in [3.05, 3.63) is 34.1 Å². The molecule has 0 saturated carbocycles. The SMILES string of the molecule is COC(=O)CN(CC(=O)OC)Cc1ccc(Br)cc1F. The third kappa shape index (κ3) is 5.26. The predicted octanol–water partition coefficient (Wildman–Crippen LogP) is 1.74. The number of hydrogen-bond acceptors (Lipinski definition) is 5. The minimum Gasteiger partial charge on any atom is -0.468 e. The number of esters is 2. The minimum absolute atomic E-state index is 0.101. The van der Waals surface area contributed by atoms with Gasteiger partial charge in [-0.2, -0.15) is 0 Å². The first-order valence-corrected chi connectivity index (χ1v) is 6.55. The summed E-state index contributed by atoms with van der Waals surface area (Å²) >= 11 is 3.16. The molecule has 20 heavy (non-hydrogen) atoms. The maximum Gasteiger partial charge on any atom is 0.319 e. The molecular weight excluding hydrogens is 333 g/mol. The van der Waals surface area contributed by atoms with Crippen molar-refractivity contribution < 1.29 is 23.5 Å². The van der Waals surface area contributed by atoms with E-state index in [9.17, 15) is 14.0 Å². The van der Waals surface area contributed by atoms with Gasteiger partial charge in [0.05, 0.1) is 27.3 Å². The number of nitrogens with zero attached hydrogens (tertiary/aromatic N) is 1. The Morgan fingerprint density at radius 3 is 2.20 bits per heavy atom. The standard InChI is InChI=1S/C13H15BrFNO4/c1-19-12(17)7-16(8-13(18)20-2)6-9-3-4-10(14)5-11(9)15/h3-5H,6-8H2,1-2H3. The van der Waals surface area contributed by atoms with Gasteiger partial charge in [0.25, 0.3) is 0 Å². The Morgan fingerprint density at radius 2 is 1.75 bits per heavy atom. The number of carbonyl (C=O) groups is 2. The monoisotopic (exact) mass is 347 g/mol. The van der Waals surface area contributed by atoms with Crippen molar-refractivity contribution in [2.45, 2.75) is 6.54 Å². The maximum absolute atomic E-state index is 13.8. The highest BCUT2D eigenvalue weighted by Gasteiger charge is 2.17. The van der Waals surface area contributed by atoms with Crippen LogP contribution in [0.5, 0.6) is 0 Å². The van der Waals surface area contributed by atoms with Gasteiger partial charge < -0.3 is 9.47 Å². The van der Waals surface area contributed by atoms with Gasteiger partial charge in [0.15, 0.2) is 0 Å². The van der Waals surface area contributed by atoms with Crippen LogP contribution in [0.25, 0.3) is 0 Å². The van der Waals surface area contributed by atoms with Crippen LogP contribution in [0.15, 0.2) is 22.7 Å². The largest absolute Gasteiger partial charge is 0.468 e. The van der Waals surface area contributed by atoms with Crippen molar-refractivity contribution >= 4 is 27.9 Å². The molecule has 0 aliphatic heterocycles. The lowest BCUT2D eigenvalue weighted by Gasteiger charge is -2.20. The zero-order chi connectivity index (χ0) is 15.1. The second kappa shape index (κ2) is 7.96. The van der Waals surface area contributed by atoms with Crippen molar-refractivity contribution in [3.63, 3.8) is 0 Å². The van der Waals surface area contributed by atoms with Crippen LogP contribution in [-0.4, -0.2) is 44.1 Å². The van der Waals surface area contributed by atoms with Crippen LogP contribution in [0.3, 0.4) is 0 Å². The third-order valence-electron chi connectivity index (χ3n) is 2.57. The molecule has 0 spiro atoms. The molecule has 0 unspecified atom stereocenters. The number of methoxy groups -OCH3 is 2. The molecule has 1 rings (SSSR count). The summed E-state index contributed by atoms with van der Waals surface area (Å²) < 4.78 is 23.5. The molecule has 0 aliphatic rings. The van der Waals surface area contributed by atoms with Gasteiger partial charge in [-0.25, -0.2) is 4.39 Å². The number of carbonyl (C=O) groups excluding carboxylic acids is 2. The zero-order valence-electron chi connectivity index (χ0n) is 11.2. The molecular formula is C13H15BrFNO4. The van der Waals surface area contributed by atoms with Crippen molar-refractivity contribution in [1.29, 1.82) is 0 Å². The molecule has 1 aromatic rings. The van der Waals surface area contributed by atoms with E-state index >= 15 is 0 Å². The molecule has 0 aliphatic carbocycles. The fourth-order valence-corrected chi connectivity index (χ4v) is 1.89. The summed E-state index contributed by atoms with van der Waals surface area (Å²) in [5.74, 6) is -1.43. The molecule has 0 bridgehead atoms. The molecule has 5 nitrogen and oxygen atoms in total. The molecule has 0 radical (unpaired) electrons. The normalized spacial score (nSPS) is 10.4. The molecule has 7 heteroatoms. The molecule has 0 N–H and O–H groups in total. The highest BCUT2D eigenvalue weighted by Crippen LogP contribution is 2.16. The lowest BCUT2D eigenvalue weighted by atomic mass is 10.2. The van der Waals surface area contributed by atoms with Crippen LogP contribution in [0.2, 0.25) is 0 Å². The lowest BCUT2D eigenvalue weighted by Crippen LogP contribution is -2.35. The highest BCUT2D eigenvalue weighted by molar-refractivity contribution is 9.10. The van der Waals surface area contributed by atoms with Crippen molar-refractivity contribution in [3.8, 4) is 0 Å². The second-order valence-electron chi connectivity index (χ2n) is 4.03. The first kappa shape index (κ1) is 16.6. The Bertz CT molecular complexity index is 477. The molecule has 0 amide bonds. The smallest absolute Gasteiger partial charge is 0.319 e. The van der Waals surface area contributed by atoms with E-state index in [1.54, 1.807) is 12.1 Å². The molecule has 0 atom stereocenters. The van der Waals surface area contributed by atoms with Crippen LogP contribution in [0.1, 0.15) is 5.56 Å². The quantitative estimate of drug-likeness (QED) is 0.733. The minimum atomic E-state index is -0.508. The number of halogens is 2. The van der Waals surface area contributed by atoms with E-state index in [0.29, 0.717) is 10.0 Å². The summed E-state index contributed by atoms with van der Waals surface area (Å²) in [7, 11) is 2.50. The summed E-state index contributed by atoms with van der Waals surface area (Å²) in [6, 6.07) is 4.59. The van der Waals surface area contributed by atoms with Gasteiger partial charge in [-0.15, -0.1) is 0 Å². The number of ether oxygens (including phenoxy) is 2. The first-order valence-electron chi connectivity index (χ1n) is 5.76. The predicted molar refractivity (Wildman–Crippen MR) is 73.4 cm³/mol. The average Bonchev–Trinajstić information content (AvgIpc) is 2.41. The fraction of sp³-hybridized carbons (Fsp3) is 0.385. The summed E-state index contributed by atoms with van der Waals surface area (Å²) in [6.07, 6.45) is 0. The second-order valence-corrected chi connectivity index (χ2v) is 4.95. The van der Waals surface area contributed by atoms with E-state index < -0.39 is 17.8 Å². The van der Waals surface area contributed by atoms with Gasteiger partial charge in [-0.3, -0.25) is 14.5 Å². The van der Waals surface area contributed by atoms with Gasteiger partial charge in [-0.05, 0) is 12.1 Å². The van der Waals surface area contributed by atoms with Gasteiger partial charge in [0, 0.05) is 16.6 Å². The van der Waals surface area contributed by atoms with Crippen molar-refractivity contribution in [2.24, 2.45) is 0 Å². The van der Waals surface area contributed by atoms with E-state index in [0.717, 1.165) is 0 Å². The van der Waals surface area contributed by atoms with Gasteiger partial charge in [-0.1, -0.05) is 22.0 Å². The molecule has 0 saturated heterocycles. The number of benzene rings is 1. The molecule has 0 fully saturated rings. The maximum atomic E-state index is 13.8. The number of rotatable bonds is 6. The van der Waals surface area contributed by atoms with Crippen molar-refractivity contribution in [1.82, 2.24) is 4.90 Å². The molecule has 0 heterocycles. The Kier molecular flexibility index (Phi) is 6.60. The van der Waals surface area contributed by atoms with E-state index in [4.69, 9.17) is 0 Å². The van der Waals surface area contributed by atoms with Crippen molar-refractivity contribution in [2.75, 3.05) is 27.3 Å². The highest BCUT2D eigenvalue weighted by atomic mass is 79.9. The van der Waals surface area contributed by atoms with Gasteiger partial charge >= 0.3 is 11.9 Å². The Labute approximate surface area is 124 Å². The van der Waals surface area contributed by atoms with E-state index in [1.165, 1.54) is 25.2 Å².